The number of carbonyl (C=O) groups excluding carboxylic acids is 1. The molecule has 0 spiro atoms. The molecule has 0 saturated carbocycles. The molecule has 0 unspecified atom stereocenters. The van der Waals surface area contributed by atoms with Gasteiger partial charge in [0.05, 0.1) is 11.5 Å². The van der Waals surface area contributed by atoms with Crippen molar-refractivity contribution >= 4 is 11.6 Å². The fourth-order valence-electron chi connectivity index (χ4n) is 2.32. The summed E-state index contributed by atoms with van der Waals surface area (Å²) < 4.78 is 16.5. The Kier molecular flexibility index (Phi) is 4.98. The van der Waals surface area contributed by atoms with Gasteiger partial charge in [-0.15, -0.1) is 0 Å². The Morgan fingerprint density at radius 2 is 1.92 bits per heavy atom. The second kappa shape index (κ2) is 7.52. The van der Waals surface area contributed by atoms with Crippen molar-refractivity contribution in [2.24, 2.45) is 0 Å². The molecule has 1 amide bonds. The van der Waals surface area contributed by atoms with E-state index in [0.717, 1.165) is 0 Å². The maximum Gasteiger partial charge on any atom is 0.310 e. The first-order valence-electron chi connectivity index (χ1n) is 7.65. The van der Waals surface area contributed by atoms with Crippen LogP contribution in [0.15, 0.2) is 48.5 Å². The fraction of sp³-hybridized carbons (Fsp3) is 0.235. The molecule has 130 valence electrons. The summed E-state index contributed by atoms with van der Waals surface area (Å²) in [4.78, 5) is 22.2. The Bertz CT molecular complexity index is 779. The predicted octanol–water partition coefficient (Wildman–Crippen LogP) is 1.93. The molecule has 2 aromatic rings. The van der Waals surface area contributed by atoms with E-state index in [9.17, 15) is 14.9 Å². The minimum absolute atomic E-state index is 0.0498. The number of carbonyl (C=O) groups is 1. The first-order chi connectivity index (χ1) is 12.1. The minimum atomic E-state index is -0.558. The summed E-state index contributed by atoms with van der Waals surface area (Å²) in [5, 5.41) is 13.6. The number of amides is 1. The van der Waals surface area contributed by atoms with Crippen LogP contribution in [0.5, 0.6) is 17.2 Å². The van der Waals surface area contributed by atoms with Crippen molar-refractivity contribution in [3.8, 4) is 17.2 Å². The molecule has 3 rings (SSSR count). The number of rotatable bonds is 6. The van der Waals surface area contributed by atoms with Crippen molar-refractivity contribution in [1.29, 1.82) is 0 Å². The number of para-hydroxylation sites is 4. The Hall–Kier alpha value is -3.29. The SMILES string of the molecule is O=C(COc1ccccc1[N+](=O)[O-])NC[C@@H]1COc2ccccc2O1. The molecule has 1 heterocycles. The molecule has 0 aromatic heterocycles. The van der Waals surface area contributed by atoms with Crippen molar-refractivity contribution in [1.82, 2.24) is 5.32 Å². The standard InChI is InChI=1S/C17H16N2O6/c20-17(11-24-14-6-2-1-5-13(14)19(21)22)18-9-12-10-23-15-7-3-4-8-16(15)25-12/h1-8,12H,9-11H2,(H,18,20)/t12-/m1/s1. The van der Waals surface area contributed by atoms with Crippen LogP contribution >= 0.6 is 0 Å². The highest BCUT2D eigenvalue weighted by Crippen LogP contribution is 2.30. The molecule has 0 radical (unpaired) electrons. The molecule has 0 aliphatic carbocycles. The molecule has 1 atom stereocenters. The number of hydrogen-bond donors (Lipinski definition) is 1. The van der Waals surface area contributed by atoms with E-state index in [1.54, 1.807) is 12.1 Å². The van der Waals surface area contributed by atoms with Crippen LogP contribution in [-0.4, -0.2) is 36.7 Å². The van der Waals surface area contributed by atoms with Crippen molar-refractivity contribution in [2.45, 2.75) is 6.10 Å². The van der Waals surface area contributed by atoms with Crippen LogP contribution < -0.4 is 19.5 Å². The number of ether oxygens (including phenoxy) is 3. The number of nitrogens with one attached hydrogen (secondary N) is 1. The number of hydrogen-bond acceptors (Lipinski definition) is 6. The Balaban J connectivity index is 1.47. The second-order valence-corrected chi connectivity index (χ2v) is 5.32. The van der Waals surface area contributed by atoms with Gasteiger partial charge in [0.1, 0.15) is 12.7 Å². The zero-order chi connectivity index (χ0) is 17.6. The van der Waals surface area contributed by atoms with Crippen LogP contribution in [0.25, 0.3) is 0 Å². The van der Waals surface area contributed by atoms with E-state index in [1.165, 1.54) is 18.2 Å². The molecule has 0 bridgehead atoms. The molecule has 0 saturated heterocycles. The molecule has 25 heavy (non-hydrogen) atoms. The molecule has 2 aromatic carbocycles. The molecule has 0 fully saturated rings. The van der Waals surface area contributed by atoms with E-state index in [1.807, 2.05) is 18.2 Å². The number of nitro groups is 1. The zero-order valence-corrected chi connectivity index (χ0v) is 13.2. The van der Waals surface area contributed by atoms with E-state index in [2.05, 4.69) is 5.32 Å². The maximum atomic E-state index is 11.9. The largest absolute Gasteiger partial charge is 0.486 e. The van der Waals surface area contributed by atoms with E-state index >= 15 is 0 Å². The monoisotopic (exact) mass is 344 g/mol. The predicted molar refractivity (Wildman–Crippen MR) is 88.0 cm³/mol. The smallest absolute Gasteiger partial charge is 0.310 e. The first-order valence-corrected chi connectivity index (χ1v) is 7.65. The first kappa shape index (κ1) is 16.6. The lowest BCUT2D eigenvalue weighted by Gasteiger charge is -2.26. The number of fused-ring (bicyclic) bond motifs is 1. The summed E-state index contributed by atoms with van der Waals surface area (Å²) in [6, 6.07) is 13.2. The topological polar surface area (TPSA) is 99.9 Å². The maximum absolute atomic E-state index is 11.9. The minimum Gasteiger partial charge on any atom is -0.486 e. The van der Waals surface area contributed by atoms with Crippen LogP contribution in [0.4, 0.5) is 5.69 Å². The third-order valence-corrected chi connectivity index (χ3v) is 3.52. The number of nitrogens with zero attached hydrogens (tertiary/aromatic N) is 1. The molecule has 8 heteroatoms. The van der Waals surface area contributed by atoms with E-state index < -0.39 is 10.8 Å². The van der Waals surface area contributed by atoms with Gasteiger partial charge in [-0.1, -0.05) is 24.3 Å². The highest BCUT2D eigenvalue weighted by molar-refractivity contribution is 5.77. The summed E-state index contributed by atoms with van der Waals surface area (Å²) in [6.45, 7) is 0.241. The van der Waals surface area contributed by atoms with Gasteiger partial charge in [0.25, 0.3) is 5.91 Å². The summed E-state index contributed by atoms with van der Waals surface area (Å²) >= 11 is 0. The highest BCUT2D eigenvalue weighted by Gasteiger charge is 2.21. The van der Waals surface area contributed by atoms with Crippen molar-refractivity contribution in [3.05, 3.63) is 58.6 Å². The van der Waals surface area contributed by atoms with Crippen LogP contribution in [0.3, 0.4) is 0 Å². The summed E-state index contributed by atoms with van der Waals surface area (Å²) in [6.07, 6.45) is -0.315. The Labute approximate surface area is 143 Å². The third-order valence-electron chi connectivity index (χ3n) is 3.52. The molecule has 1 aliphatic rings. The van der Waals surface area contributed by atoms with Crippen LogP contribution in [-0.2, 0) is 4.79 Å². The van der Waals surface area contributed by atoms with Gasteiger partial charge in [-0.2, -0.15) is 0 Å². The van der Waals surface area contributed by atoms with Gasteiger partial charge >= 0.3 is 5.69 Å². The lowest BCUT2D eigenvalue weighted by atomic mass is 10.2. The average molecular weight is 344 g/mol. The summed E-state index contributed by atoms with van der Waals surface area (Å²) in [5.74, 6) is 0.948. The van der Waals surface area contributed by atoms with Gasteiger partial charge in [0.2, 0.25) is 0 Å². The van der Waals surface area contributed by atoms with Gasteiger partial charge < -0.3 is 19.5 Å². The Morgan fingerprint density at radius 1 is 1.20 bits per heavy atom. The second-order valence-electron chi connectivity index (χ2n) is 5.32. The third kappa shape index (κ3) is 4.17. The molecular weight excluding hydrogens is 328 g/mol. The number of benzene rings is 2. The summed E-state index contributed by atoms with van der Waals surface area (Å²) in [7, 11) is 0. The number of nitro benzene ring substituents is 1. The molecule has 8 nitrogen and oxygen atoms in total. The van der Waals surface area contributed by atoms with Gasteiger partial charge in [-0.3, -0.25) is 14.9 Å². The van der Waals surface area contributed by atoms with Gasteiger partial charge in [-0.25, -0.2) is 0 Å². The van der Waals surface area contributed by atoms with Crippen LogP contribution in [0.1, 0.15) is 0 Å². The molecule has 1 N–H and O–H groups in total. The van der Waals surface area contributed by atoms with E-state index in [0.29, 0.717) is 18.1 Å². The normalized spacial score (nSPS) is 15.3. The van der Waals surface area contributed by atoms with Crippen molar-refractivity contribution < 1.29 is 23.9 Å². The quantitative estimate of drug-likeness (QED) is 0.635. The van der Waals surface area contributed by atoms with Crippen LogP contribution in [0, 0.1) is 10.1 Å². The lowest BCUT2D eigenvalue weighted by molar-refractivity contribution is -0.385. The molecule has 1 aliphatic heterocycles. The van der Waals surface area contributed by atoms with Gasteiger partial charge in [0.15, 0.2) is 23.9 Å². The summed E-state index contributed by atoms with van der Waals surface area (Å²) in [5.41, 5.74) is -0.184. The molecular formula is C17H16N2O6. The zero-order valence-electron chi connectivity index (χ0n) is 13.2. The van der Waals surface area contributed by atoms with Gasteiger partial charge in [0, 0.05) is 6.07 Å². The van der Waals surface area contributed by atoms with Crippen LogP contribution in [0.2, 0.25) is 0 Å². The van der Waals surface area contributed by atoms with Crippen molar-refractivity contribution in [3.63, 3.8) is 0 Å². The van der Waals surface area contributed by atoms with E-state index in [4.69, 9.17) is 14.2 Å². The van der Waals surface area contributed by atoms with Crippen molar-refractivity contribution in [2.75, 3.05) is 19.8 Å². The Morgan fingerprint density at radius 3 is 2.72 bits per heavy atom. The average Bonchev–Trinajstić information content (AvgIpc) is 2.64. The highest BCUT2D eigenvalue weighted by atomic mass is 16.6. The van der Waals surface area contributed by atoms with Gasteiger partial charge in [-0.05, 0) is 18.2 Å². The fourth-order valence-corrected chi connectivity index (χ4v) is 2.32. The lowest BCUT2D eigenvalue weighted by Crippen LogP contribution is -2.42. The van der Waals surface area contributed by atoms with E-state index in [-0.39, 0.29) is 30.7 Å².